The maximum Gasteiger partial charge on any atom is 0.341 e. The van der Waals surface area contributed by atoms with Crippen molar-refractivity contribution in [2.75, 3.05) is 7.11 Å². The van der Waals surface area contributed by atoms with Gasteiger partial charge >= 0.3 is 17.9 Å². The second kappa shape index (κ2) is 18.0. The molecule has 0 N–H and O–H groups in total. The van der Waals surface area contributed by atoms with E-state index >= 15 is 0 Å². The maximum absolute atomic E-state index is 13.1. The lowest BCUT2D eigenvalue weighted by molar-refractivity contribution is -0.150. The number of unbranched alkanes of at least 4 members (excludes halogenated alkanes) is 12. The maximum atomic E-state index is 13.1. The van der Waals surface area contributed by atoms with E-state index in [0.717, 1.165) is 24.8 Å². The Labute approximate surface area is 264 Å². The van der Waals surface area contributed by atoms with E-state index in [1.807, 2.05) is 13.8 Å². The summed E-state index contributed by atoms with van der Waals surface area (Å²) in [6.45, 7) is 14.2. The second-order valence-electron chi connectivity index (χ2n) is 12.7. The van der Waals surface area contributed by atoms with Gasteiger partial charge in [0.25, 0.3) is 0 Å². The van der Waals surface area contributed by atoms with Gasteiger partial charge in [0, 0.05) is 12.8 Å². The van der Waals surface area contributed by atoms with Crippen molar-refractivity contribution in [3.8, 4) is 0 Å². The zero-order valence-electron chi connectivity index (χ0n) is 27.5. The summed E-state index contributed by atoms with van der Waals surface area (Å²) in [6.07, 6.45) is 17.2. The van der Waals surface area contributed by atoms with E-state index in [2.05, 4.69) is 20.1 Å². The highest BCUT2D eigenvalue weighted by molar-refractivity contribution is 5.93. The van der Waals surface area contributed by atoms with Crippen LogP contribution in [0.2, 0.25) is 0 Å². The van der Waals surface area contributed by atoms with Crippen LogP contribution in [0.3, 0.4) is 0 Å². The van der Waals surface area contributed by atoms with Crippen molar-refractivity contribution >= 4 is 17.9 Å². The van der Waals surface area contributed by atoms with Gasteiger partial charge < -0.3 is 18.6 Å². The summed E-state index contributed by atoms with van der Waals surface area (Å²) in [5.41, 5.74) is 2.20. The van der Waals surface area contributed by atoms with Crippen LogP contribution in [-0.2, 0) is 30.2 Å². The first-order valence-electron chi connectivity index (χ1n) is 16.8. The van der Waals surface area contributed by atoms with Gasteiger partial charge in [-0.25, -0.2) is 9.59 Å². The number of esters is 3. The Morgan fingerprint density at radius 2 is 1.50 bits per heavy atom. The Hall–Kier alpha value is -3.09. The van der Waals surface area contributed by atoms with Crippen LogP contribution >= 0.6 is 0 Å². The van der Waals surface area contributed by atoms with Gasteiger partial charge in [-0.1, -0.05) is 108 Å². The fourth-order valence-corrected chi connectivity index (χ4v) is 6.28. The van der Waals surface area contributed by atoms with E-state index in [4.69, 9.17) is 18.6 Å². The molecule has 0 spiro atoms. The average molecular weight is 611 g/mol. The monoisotopic (exact) mass is 610 g/mol. The van der Waals surface area contributed by atoms with E-state index in [1.54, 1.807) is 12.1 Å². The molecule has 3 rings (SSSR count). The van der Waals surface area contributed by atoms with Gasteiger partial charge in [-0.15, -0.1) is 0 Å². The zero-order valence-corrected chi connectivity index (χ0v) is 27.5. The number of rotatable bonds is 18. The molecule has 0 radical (unpaired) electrons. The Balaban J connectivity index is 1.59. The first kappa shape index (κ1) is 35.4. The van der Waals surface area contributed by atoms with Crippen molar-refractivity contribution in [1.29, 1.82) is 0 Å². The largest absolute Gasteiger partial charge is 0.465 e. The van der Waals surface area contributed by atoms with Crippen molar-refractivity contribution in [1.82, 2.24) is 0 Å². The number of methoxy groups -OCH3 is 1. The van der Waals surface area contributed by atoms with Gasteiger partial charge in [-0.3, -0.25) is 4.79 Å². The molecule has 0 aromatic carbocycles. The molecule has 1 aromatic heterocycles. The number of carbonyl (C=O) groups is 3. The van der Waals surface area contributed by atoms with Crippen molar-refractivity contribution < 1.29 is 33.0 Å². The Morgan fingerprint density at radius 3 is 2.05 bits per heavy atom. The van der Waals surface area contributed by atoms with Crippen LogP contribution in [0.5, 0.6) is 0 Å². The first-order chi connectivity index (χ1) is 21.2. The van der Waals surface area contributed by atoms with Crippen LogP contribution < -0.4 is 0 Å². The summed E-state index contributed by atoms with van der Waals surface area (Å²) in [6, 6.07) is 1.66. The molecule has 0 aliphatic carbocycles. The summed E-state index contributed by atoms with van der Waals surface area (Å²) in [5.74, 6) is -1.12. The van der Waals surface area contributed by atoms with Gasteiger partial charge in [-0.2, -0.15) is 0 Å². The SMILES string of the molecule is C=C(C)[C@H]1Cc2oc(cc2C(=O)OC)[C@H](C(=C)C)C2C=C(C(=O)O2)[C@H](OC(=O)CCCCCCCCCCCCCCC)C1. The number of fused-ring (bicyclic) bond motifs is 3. The predicted molar refractivity (Wildman–Crippen MR) is 172 cm³/mol. The third-order valence-electron chi connectivity index (χ3n) is 8.95. The fourth-order valence-electron chi connectivity index (χ4n) is 6.28. The van der Waals surface area contributed by atoms with Crippen molar-refractivity contribution in [2.24, 2.45) is 5.92 Å². The molecule has 1 aromatic rings. The molecule has 0 saturated carbocycles. The van der Waals surface area contributed by atoms with Gasteiger partial charge in [0.05, 0.1) is 18.6 Å². The topological polar surface area (TPSA) is 92.0 Å². The molecule has 2 aliphatic heterocycles. The minimum absolute atomic E-state index is 0.222. The Morgan fingerprint density at radius 1 is 0.909 bits per heavy atom. The standard InChI is InChI=1S/C37H54O7/c1-7-8-9-10-11-12-13-14-15-16-17-18-19-20-34(38)43-31-22-27(25(2)3)21-30-28(36(39)41-6)23-32(42-30)35(26(4)5)33-24-29(31)37(40)44-33/h23-24,27,31,33,35H,2,4,7-22H2,1,3,5-6H3/t27-,31+,33?,35-/m0/s1. The predicted octanol–water partition coefficient (Wildman–Crippen LogP) is 9.11. The summed E-state index contributed by atoms with van der Waals surface area (Å²) in [5, 5.41) is 0. The van der Waals surface area contributed by atoms with E-state index in [0.29, 0.717) is 47.5 Å². The molecular formula is C37H54O7. The number of ether oxygens (including phenoxy) is 3. The molecule has 3 heterocycles. The zero-order chi connectivity index (χ0) is 32.1. The summed E-state index contributed by atoms with van der Waals surface area (Å²) < 4.78 is 23.0. The molecule has 2 aliphatic rings. The van der Waals surface area contributed by atoms with Crippen molar-refractivity contribution in [2.45, 2.75) is 142 Å². The third kappa shape index (κ3) is 10.2. The smallest absolute Gasteiger partial charge is 0.341 e. The molecular weight excluding hydrogens is 556 g/mol. The number of hydrogen-bond acceptors (Lipinski definition) is 7. The minimum Gasteiger partial charge on any atom is -0.465 e. The number of allylic oxidation sites excluding steroid dienone is 1. The molecule has 7 heteroatoms. The Kier molecular flexibility index (Phi) is 14.5. The van der Waals surface area contributed by atoms with Crippen molar-refractivity contribution in [3.63, 3.8) is 0 Å². The minimum atomic E-state index is -0.790. The molecule has 44 heavy (non-hydrogen) atoms. The average Bonchev–Trinajstić information content (AvgIpc) is 3.56. The Bertz CT molecular complexity index is 1170. The van der Waals surface area contributed by atoms with Gasteiger partial charge in [0.15, 0.2) is 0 Å². The molecule has 0 amide bonds. The van der Waals surface area contributed by atoms with E-state index in [1.165, 1.54) is 71.3 Å². The first-order valence-corrected chi connectivity index (χ1v) is 16.8. The highest BCUT2D eigenvalue weighted by Gasteiger charge is 2.41. The molecule has 244 valence electrons. The number of carbonyl (C=O) groups excluding carboxylic acids is 3. The molecule has 0 saturated heterocycles. The summed E-state index contributed by atoms with van der Waals surface area (Å²) in [4.78, 5) is 38.8. The molecule has 1 unspecified atom stereocenters. The van der Waals surface area contributed by atoms with E-state index in [9.17, 15) is 14.4 Å². The molecule has 4 atom stereocenters. The lowest BCUT2D eigenvalue weighted by Gasteiger charge is -2.24. The van der Waals surface area contributed by atoms with Crippen LogP contribution in [0.15, 0.2) is 46.4 Å². The highest BCUT2D eigenvalue weighted by atomic mass is 16.6. The fraction of sp³-hybridized carbons (Fsp3) is 0.649. The number of furan rings is 1. The van der Waals surface area contributed by atoms with E-state index < -0.39 is 30.1 Å². The summed E-state index contributed by atoms with van der Waals surface area (Å²) in [7, 11) is 1.33. The van der Waals surface area contributed by atoms with Crippen LogP contribution in [0.25, 0.3) is 0 Å². The van der Waals surface area contributed by atoms with Crippen LogP contribution in [-0.4, -0.2) is 37.2 Å². The lowest BCUT2D eigenvalue weighted by atomic mass is 9.86. The van der Waals surface area contributed by atoms with Crippen LogP contribution in [0.4, 0.5) is 0 Å². The highest BCUT2D eigenvalue weighted by Crippen LogP contribution is 2.40. The second-order valence-corrected chi connectivity index (χ2v) is 12.7. The molecule has 7 nitrogen and oxygen atoms in total. The number of hydrogen-bond donors (Lipinski definition) is 0. The lowest BCUT2D eigenvalue weighted by Crippen LogP contribution is -2.27. The van der Waals surface area contributed by atoms with Gasteiger partial charge in [0.2, 0.25) is 0 Å². The van der Waals surface area contributed by atoms with E-state index in [-0.39, 0.29) is 11.9 Å². The normalized spacial score (nSPS) is 21.2. The molecule has 4 bridgehead atoms. The quantitative estimate of drug-likeness (QED) is 0.0708. The van der Waals surface area contributed by atoms with Gasteiger partial charge in [0.1, 0.15) is 29.3 Å². The third-order valence-corrected chi connectivity index (χ3v) is 8.95. The molecule has 0 fully saturated rings. The van der Waals surface area contributed by atoms with Gasteiger partial charge in [-0.05, 0) is 44.7 Å². The summed E-state index contributed by atoms with van der Waals surface area (Å²) >= 11 is 0. The van der Waals surface area contributed by atoms with Crippen molar-refractivity contribution in [3.05, 3.63) is 59.1 Å². The van der Waals surface area contributed by atoms with Crippen LogP contribution in [0, 0.1) is 5.92 Å². The van der Waals surface area contributed by atoms with Crippen LogP contribution in [0.1, 0.15) is 145 Å².